The molecular weight excluding hydrogens is 230 g/mol. The van der Waals surface area contributed by atoms with Crippen LogP contribution in [0.15, 0.2) is 24.4 Å². The molecule has 90 valence electrons. The van der Waals surface area contributed by atoms with Crippen LogP contribution in [0.4, 0.5) is 0 Å². The number of fused-ring (bicyclic) bond motifs is 1. The molecule has 0 unspecified atom stereocenters. The maximum atomic E-state index is 9.18. The number of benzene rings is 1. The van der Waals surface area contributed by atoms with Crippen molar-refractivity contribution in [2.75, 3.05) is 6.61 Å². The molecule has 5 nitrogen and oxygen atoms in total. The largest absolute Gasteiger partial charge is 0.468 e. The third kappa shape index (κ3) is 3.10. The zero-order chi connectivity index (χ0) is 13.4. The number of hydrogen-bond acceptors (Lipinski definition) is 4. The molecular formula is C13H11N3O2. The second-order valence-electron chi connectivity index (χ2n) is 3.24. The van der Waals surface area contributed by atoms with E-state index in [1.807, 2.05) is 12.1 Å². The Morgan fingerprint density at radius 2 is 2.17 bits per heavy atom. The van der Waals surface area contributed by atoms with E-state index < -0.39 is 0 Å². The van der Waals surface area contributed by atoms with Gasteiger partial charge in [-0.2, -0.15) is 10.5 Å². The Kier molecular flexibility index (Phi) is 4.96. The summed E-state index contributed by atoms with van der Waals surface area (Å²) in [5.74, 6) is 0. The summed E-state index contributed by atoms with van der Waals surface area (Å²) in [6.45, 7) is 2.66. The topological polar surface area (TPSA) is 89.7 Å². The van der Waals surface area contributed by atoms with E-state index in [4.69, 9.17) is 10.5 Å². The summed E-state index contributed by atoms with van der Waals surface area (Å²) in [5, 5.41) is 18.3. The molecule has 18 heavy (non-hydrogen) atoms. The number of rotatable bonds is 2. The Bertz CT molecular complexity index is 617. The van der Waals surface area contributed by atoms with Gasteiger partial charge in [-0.1, -0.05) is 0 Å². The predicted octanol–water partition coefficient (Wildman–Crippen LogP) is 2.09. The van der Waals surface area contributed by atoms with Crippen LogP contribution in [-0.2, 0) is 9.53 Å². The molecule has 0 atom stereocenters. The molecule has 0 amide bonds. The lowest BCUT2D eigenvalue weighted by molar-refractivity contribution is -0.128. The second-order valence-corrected chi connectivity index (χ2v) is 3.24. The third-order valence-corrected chi connectivity index (χ3v) is 2.15. The zero-order valence-corrected chi connectivity index (χ0v) is 9.80. The standard InChI is InChI=1S/C10H5N3.C3H6O2/c11-5-7-3-8(6-12)9-1-2-13-10(9)4-7;1-2-5-3-4/h1-4,13H;3H,2H2,1H3. The molecule has 5 heteroatoms. The minimum absolute atomic E-state index is 0.431. The fourth-order valence-electron chi connectivity index (χ4n) is 1.39. The number of carbonyl (C=O) groups is 1. The average Bonchev–Trinajstić information content (AvgIpc) is 2.87. The van der Waals surface area contributed by atoms with E-state index in [2.05, 4.69) is 15.8 Å². The lowest BCUT2D eigenvalue weighted by Crippen LogP contribution is -1.80. The first kappa shape index (κ1) is 13.3. The molecule has 1 N–H and O–H groups in total. The van der Waals surface area contributed by atoms with Crippen molar-refractivity contribution in [3.05, 3.63) is 35.5 Å². The highest BCUT2D eigenvalue weighted by molar-refractivity contribution is 5.86. The van der Waals surface area contributed by atoms with Gasteiger partial charge in [0.15, 0.2) is 0 Å². The van der Waals surface area contributed by atoms with Crippen molar-refractivity contribution in [1.29, 1.82) is 10.5 Å². The highest BCUT2D eigenvalue weighted by Crippen LogP contribution is 2.18. The van der Waals surface area contributed by atoms with Crippen LogP contribution in [0.2, 0.25) is 0 Å². The van der Waals surface area contributed by atoms with E-state index in [0.29, 0.717) is 24.2 Å². The van der Waals surface area contributed by atoms with Crippen LogP contribution in [0, 0.1) is 22.7 Å². The molecule has 0 aliphatic carbocycles. The Morgan fingerprint density at radius 3 is 2.67 bits per heavy atom. The number of ether oxygens (including phenoxy) is 1. The molecule has 0 radical (unpaired) electrons. The molecule has 0 aliphatic heterocycles. The minimum atomic E-state index is 0.431. The molecule has 0 saturated carbocycles. The van der Waals surface area contributed by atoms with Crippen molar-refractivity contribution in [3.63, 3.8) is 0 Å². The summed E-state index contributed by atoms with van der Waals surface area (Å²) < 4.78 is 4.15. The summed E-state index contributed by atoms with van der Waals surface area (Å²) >= 11 is 0. The van der Waals surface area contributed by atoms with Gasteiger partial charge in [0.25, 0.3) is 6.47 Å². The van der Waals surface area contributed by atoms with E-state index in [0.717, 1.165) is 10.9 Å². The van der Waals surface area contributed by atoms with E-state index >= 15 is 0 Å². The highest BCUT2D eigenvalue weighted by Gasteiger charge is 2.03. The molecule has 0 aliphatic rings. The summed E-state index contributed by atoms with van der Waals surface area (Å²) in [6.07, 6.45) is 1.76. The van der Waals surface area contributed by atoms with E-state index in [1.54, 1.807) is 25.3 Å². The van der Waals surface area contributed by atoms with Crippen molar-refractivity contribution in [2.24, 2.45) is 0 Å². The molecule has 2 rings (SSSR count). The van der Waals surface area contributed by atoms with Crippen LogP contribution in [-0.4, -0.2) is 18.1 Å². The number of hydrogen-bond donors (Lipinski definition) is 1. The Hall–Kier alpha value is -2.79. The van der Waals surface area contributed by atoms with E-state index in [-0.39, 0.29) is 0 Å². The van der Waals surface area contributed by atoms with Crippen LogP contribution in [0.3, 0.4) is 0 Å². The normalized spacial score (nSPS) is 8.61. The van der Waals surface area contributed by atoms with Gasteiger partial charge in [-0.05, 0) is 25.1 Å². The van der Waals surface area contributed by atoms with Crippen molar-refractivity contribution in [2.45, 2.75) is 6.92 Å². The number of nitrogens with zero attached hydrogens (tertiary/aromatic N) is 2. The number of nitriles is 2. The SMILES string of the molecule is CCOC=O.N#Cc1cc(C#N)c2cc[nH]c2c1. The first-order valence-electron chi connectivity index (χ1n) is 5.23. The number of nitrogens with one attached hydrogen (secondary N) is 1. The molecule has 1 aromatic carbocycles. The molecule has 0 saturated heterocycles. The van der Waals surface area contributed by atoms with E-state index in [9.17, 15) is 4.79 Å². The second kappa shape index (κ2) is 6.72. The number of aromatic amines is 1. The maximum absolute atomic E-state index is 9.18. The maximum Gasteiger partial charge on any atom is 0.293 e. The van der Waals surface area contributed by atoms with Crippen molar-refractivity contribution in [3.8, 4) is 12.1 Å². The molecule has 1 heterocycles. The van der Waals surface area contributed by atoms with Gasteiger partial charge < -0.3 is 9.72 Å². The fraction of sp³-hybridized carbons (Fsp3) is 0.154. The lowest BCUT2D eigenvalue weighted by atomic mass is 10.1. The predicted molar refractivity (Wildman–Crippen MR) is 65.4 cm³/mol. The highest BCUT2D eigenvalue weighted by atomic mass is 16.5. The molecule has 0 bridgehead atoms. The number of aromatic nitrogens is 1. The van der Waals surface area contributed by atoms with Crippen molar-refractivity contribution in [1.82, 2.24) is 4.98 Å². The smallest absolute Gasteiger partial charge is 0.293 e. The number of H-pyrrole nitrogens is 1. The summed E-state index contributed by atoms with van der Waals surface area (Å²) in [7, 11) is 0. The first-order valence-corrected chi connectivity index (χ1v) is 5.23. The monoisotopic (exact) mass is 241 g/mol. The van der Waals surface area contributed by atoms with Crippen LogP contribution in [0.5, 0.6) is 0 Å². The van der Waals surface area contributed by atoms with Crippen LogP contribution < -0.4 is 0 Å². The van der Waals surface area contributed by atoms with Crippen LogP contribution >= 0.6 is 0 Å². The van der Waals surface area contributed by atoms with Gasteiger partial charge in [0.1, 0.15) is 0 Å². The first-order chi connectivity index (χ1) is 8.76. The number of carbonyl (C=O) groups excluding carboxylic acids is 1. The summed E-state index contributed by atoms with van der Waals surface area (Å²) in [5.41, 5.74) is 1.87. The van der Waals surface area contributed by atoms with Crippen molar-refractivity contribution < 1.29 is 9.53 Å². The quantitative estimate of drug-likeness (QED) is 0.815. The average molecular weight is 241 g/mol. The van der Waals surface area contributed by atoms with Crippen molar-refractivity contribution >= 4 is 17.4 Å². The Morgan fingerprint density at radius 1 is 1.39 bits per heavy atom. The third-order valence-electron chi connectivity index (χ3n) is 2.15. The van der Waals surface area contributed by atoms with Crippen LogP contribution in [0.25, 0.3) is 10.9 Å². The van der Waals surface area contributed by atoms with Gasteiger partial charge in [-0.15, -0.1) is 0 Å². The Labute approximate surface area is 104 Å². The van der Waals surface area contributed by atoms with Gasteiger partial charge in [0, 0.05) is 17.1 Å². The lowest BCUT2D eigenvalue weighted by Gasteiger charge is -1.93. The fourth-order valence-corrected chi connectivity index (χ4v) is 1.39. The van der Waals surface area contributed by atoms with Crippen LogP contribution in [0.1, 0.15) is 18.1 Å². The minimum Gasteiger partial charge on any atom is -0.468 e. The zero-order valence-electron chi connectivity index (χ0n) is 9.80. The summed E-state index contributed by atoms with van der Waals surface area (Å²) in [4.78, 5) is 12.1. The van der Waals surface area contributed by atoms with Gasteiger partial charge in [0.05, 0.1) is 29.9 Å². The van der Waals surface area contributed by atoms with E-state index in [1.165, 1.54) is 0 Å². The molecule has 2 aromatic rings. The summed E-state index contributed by atoms with van der Waals surface area (Å²) in [6, 6.07) is 9.23. The molecule has 1 aromatic heterocycles. The van der Waals surface area contributed by atoms with Gasteiger partial charge in [-0.3, -0.25) is 4.79 Å². The Balaban J connectivity index is 0.000000280. The van der Waals surface area contributed by atoms with Gasteiger partial charge >= 0.3 is 0 Å². The van der Waals surface area contributed by atoms with Gasteiger partial charge in [-0.25, -0.2) is 0 Å². The van der Waals surface area contributed by atoms with Gasteiger partial charge in [0.2, 0.25) is 0 Å². The molecule has 0 spiro atoms. The molecule has 0 fully saturated rings.